The number of rotatable bonds is 6. The van der Waals surface area contributed by atoms with Crippen molar-refractivity contribution in [1.82, 2.24) is 10.2 Å². The summed E-state index contributed by atoms with van der Waals surface area (Å²) >= 11 is 0. The fraction of sp³-hybridized carbons (Fsp3) is 0.941. The van der Waals surface area contributed by atoms with E-state index in [0.29, 0.717) is 24.5 Å². The van der Waals surface area contributed by atoms with Crippen molar-refractivity contribution in [2.24, 2.45) is 5.92 Å². The van der Waals surface area contributed by atoms with Crippen LogP contribution in [0.4, 0.5) is 0 Å². The number of fused-ring (bicyclic) bond motifs is 1. The highest BCUT2D eigenvalue weighted by atomic mass is 16.4. The molecule has 2 N–H and O–H groups in total. The third kappa shape index (κ3) is 3.26. The van der Waals surface area contributed by atoms with Gasteiger partial charge >= 0.3 is 5.97 Å². The van der Waals surface area contributed by atoms with Crippen LogP contribution in [0, 0.1) is 5.92 Å². The second kappa shape index (κ2) is 5.88. The first-order valence-corrected chi connectivity index (χ1v) is 8.76. The first-order chi connectivity index (χ1) is 9.99. The number of aliphatic carboxylic acids is 1. The summed E-state index contributed by atoms with van der Waals surface area (Å²) in [6, 6.07) is 1.50. The Kier molecular flexibility index (Phi) is 4.28. The molecule has 0 spiro atoms. The number of likely N-dealkylation sites (tertiary alicyclic amines) is 1. The van der Waals surface area contributed by atoms with Crippen molar-refractivity contribution in [3.63, 3.8) is 0 Å². The van der Waals surface area contributed by atoms with Gasteiger partial charge in [-0.1, -0.05) is 12.8 Å². The Morgan fingerprint density at radius 1 is 1.29 bits per heavy atom. The van der Waals surface area contributed by atoms with Gasteiger partial charge in [0, 0.05) is 18.1 Å². The summed E-state index contributed by atoms with van der Waals surface area (Å²) in [6.07, 6.45) is 9.72. The van der Waals surface area contributed by atoms with Crippen molar-refractivity contribution in [3.05, 3.63) is 0 Å². The summed E-state index contributed by atoms with van der Waals surface area (Å²) in [6.45, 7) is 5.26. The normalized spacial score (nSPS) is 34.2. The summed E-state index contributed by atoms with van der Waals surface area (Å²) < 4.78 is 0. The van der Waals surface area contributed by atoms with Crippen LogP contribution < -0.4 is 5.32 Å². The Bertz CT molecular complexity index is 396. The van der Waals surface area contributed by atoms with Gasteiger partial charge < -0.3 is 5.11 Å². The van der Waals surface area contributed by atoms with E-state index in [4.69, 9.17) is 0 Å². The highest BCUT2D eigenvalue weighted by Crippen LogP contribution is 2.38. The lowest BCUT2D eigenvalue weighted by molar-refractivity contribution is -0.145. The van der Waals surface area contributed by atoms with Crippen LogP contribution in [-0.4, -0.2) is 46.2 Å². The van der Waals surface area contributed by atoms with Crippen LogP contribution in [0.1, 0.15) is 65.2 Å². The molecule has 0 aromatic heterocycles. The van der Waals surface area contributed by atoms with Crippen LogP contribution in [-0.2, 0) is 4.79 Å². The smallest absolute Gasteiger partial charge is 0.323 e. The minimum absolute atomic E-state index is 0.352. The molecule has 0 aromatic carbocycles. The van der Waals surface area contributed by atoms with Crippen LogP contribution in [0.15, 0.2) is 0 Å². The Balaban J connectivity index is 1.63. The number of carbonyl (C=O) groups is 1. The van der Waals surface area contributed by atoms with Gasteiger partial charge in [-0.15, -0.1) is 0 Å². The van der Waals surface area contributed by atoms with Gasteiger partial charge in [-0.05, 0) is 64.8 Å². The van der Waals surface area contributed by atoms with Crippen molar-refractivity contribution in [1.29, 1.82) is 0 Å². The van der Waals surface area contributed by atoms with E-state index in [1.54, 1.807) is 0 Å². The predicted molar refractivity (Wildman–Crippen MR) is 83.3 cm³/mol. The highest BCUT2D eigenvalue weighted by molar-refractivity contribution is 5.78. The highest BCUT2D eigenvalue weighted by Gasteiger charge is 2.43. The van der Waals surface area contributed by atoms with E-state index in [0.717, 1.165) is 25.3 Å². The van der Waals surface area contributed by atoms with Crippen molar-refractivity contribution in [3.8, 4) is 0 Å². The van der Waals surface area contributed by atoms with Gasteiger partial charge in [0.25, 0.3) is 0 Å². The van der Waals surface area contributed by atoms with E-state index in [1.807, 2.05) is 6.92 Å². The standard InChI is InChI=1S/C17H30N2O2/c1-12(11-17(2,16(20)21)18-14-7-8-14)19-10-9-13-5-3-4-6-15(13)19/h12-15,18H,3-11H2,1-2H3,(H,20,21). The van der Waals surface area contributed by atoms with Gasteiger partial charge in [-0.25, -0.2) is 0 Å². The molecule has 4 heteroatoms. The molecule has 4 unspecified atom stereocenters. The van der Waals surface area contributed by atoms with Gasteiger partial charge in [0.15, 0.2) is 0 Å². The molecular formula is C17H30N2O2. The van der Waals surface area contributed by atoms with Crippen molar-refractivity contribution < 1.29 is 9.90 Å². The first kappa shape index (κ1) is 15.3. The molecule has 1 saturated heterocycles. The Morgan fingerprint density at radius 2 is 2.00 bits per heavy atom. The zero-order chi connectivity index (χ0) is 15.0. The molecule has 4 atom stereocenters. The summed E-state index contributed by atoms with van der Waals surface area (Å²) in [5.41, 5.74) is -0.770. The first-order valence-electron chi connectivity index (χ1n) is 8.76. The van der Waals surface area contributed by atoms with E-state index in [2.05, 4.69) is 17.1 Å². The maximum Gasteiger partial charge on any atom is 0.323 e. The molecular weight excluding hydrogens is 264 g/mol. The fourth-order valence-corrected chi connectivity index (χ4v) is 4.58. The largest absolute Gasteiger partial charge is 0.480 e. The van der Waals surface area contributed by atoms with Gasteiger partial charge in [-0.3, -0.25) is 15.0 Å². The lowest BCUT2D eigenvalue weighted by Crippen LogP contribution is -2.55. The quantitative estimate of drug-likeness (QED) is 0.791. The summed E-state index contributed by atoms with van der Waals surface area (Å²) in [5, 5.41) is 13.0. The van der Waals surface area contributed by atoms with E-state index in [-0.39, 0.29) is 0 Å². The van der Waals surface area contributed by atoms with Crippen LogP contribution in [0.25, 0.3) is 0 Å². The Labute approximate surface area is 128 Å². The van der Waals surface area contributed by atoms with Crippen molar-refractivity contribution in [2.45, 2.75) is 88.9 Å². The third-order valence-electron chi connectivity index (χ3n) is 5.89. The molecule has 0 aromatic rings. The topological polar surface area (TPSA) is 52.6 Å². The van der Waals surface area contributed by atoms with Crippen LogP contribution in [0.2, 0.25) is 0 Å². The number of hydrogen-bond donors (Lipinski definition) is 2. The zero-order valence-corrected chi connectivity index (χ0v) is 13.5. The summed E-state index contributed by atoms with van der Waals surface area (Å²) in [7, 11) is 0. The van der Waals surface area contributed by atoms with E-state index in [1.165, 1.54) is 32.1 Å². The van der Waals surface area contributed by atoms with Crippen molar-refractivity contribution >= 4 is 5.97 Å². The van der Waals surface area contributed by atoms with E-state index in [9.17, 15) is 9.90 Å². The average molecular weight is 294 g/mol. The molecule has 3 rings (SSSR count). The Morgan fingerprint density at radius 3 is 2.67 bits per heavy atom. The van der Waals surface area contributed by atoms with Crippen LogP contribution >= 0.6 is 0 Å². The lowest BCUT2D eigenvalue weighted by atomic mass is 9.84. The molecule has 2 saturated carbocycles. The average Bonchev–Trinajstić information content (AvgIpc) is 3.14. The second-order valence-corrected chi connectivity index (χ2v) is 7.75. The molecule has 21 heavy (non-hydrogen) atoms. The molecule has 0 amide bonds. The SMILES string of the molecule is CC(CC(C)(NC1CC1)C(=O)O)N1CCC2CCCCC21. The number of nitrogens with one attached hydrogen (secondary N) is 1. The number of hydrogen-bond acceptors (Lipinski definition) is 3. The monoisotopic (exact) mass is 294 g/mol. The van der Waals surface area contributed by atoms with Crippen LogP contribution in [0.3, 0.4) is 0 Å². The lowest BCUT2D eigenvalue weighted by Gasteiger charge is -2.39. The number of carboxylic acids is 1. The molecule has 3 aliphatic rings. The van der Waals surface area contributed by atoms with Crippen molar-refractivity contribution in [2.75, 3.05) is 6.54 Å². The molecule has 0 radical (unpaired) electrons. The maximum atomic E-state index is 11.7. The molecule has 1 heterocycles. The zero-order valence-electron chi connectivity index (χ0n) is 13.5. The molecule has 2 aliphatic carbocycles. The van der Waals surface area contributed by atoms with E-state index < -0.39 is 11.5 Å². The molecule has 4 nitrogen and oxygen atoms in total. The van der Waals surface area contributed by atoms with Gasteiger partial charge in [0.2, 0.25) is 0 Å². The summed E-state index contributed by atoms with van der Waals surface area (Å²) in [5.74, 6) is 0.175. The fourth-order valence-electron chi connectivity index (χ4n) is 4.58. The molecule has 0 bridgehead atoms. The van der Waals surface area contributed by atoms with Crippen LogP contribution in [0.5, 0.6) is 0 Å². The van der Waals surface area contributed by atoms with E-state index >= 15 is 0 Å². The number of nitrogens with zero attached hydrogens (tertiary/aromatic N) is 1. The van der Waals surface area contributed by atoms with Gasteiger partial charge in [-0.2, -0.15) is 0 Å². The van der Waals surface area contributed by atoms with Gasteiger partial charge in [0.05, 0.1) is 0 Å². The predicted octanol–water partition coefficient (Wildman–Crippen LogP) is 2.62. The molecule has 3 fully saturated rings. The Hall–Kier alpha value is -0.610. The minimum Gasteiger partial charge on any atom is -0.480 e. The third-order valence-corrected chi connectivity index (χ3v) is 5.89. The maximum absolute atomic E-state index is 11.7. The number of carboxylic acid groups (broad SMARTS) is 1. The minimum atomic E-state index is -0.770. The van der Waals surface area contributed by atoms with Gasteiger partial charge in [0.1, 0.15) is 5.54 Å². The molecule has 1 aliphatic heterocycles. The molecule has 120 valence electrons. The summed E-state index contributed by atoms with van der Waals surface area (Å²) in [4.78, 5) is 14.3. The second-order valence-electron chi connectivity index (χ2n) is 7.75.